The van der Waals surface area contributed by atoms with Gasteiger partial charge in [0.05, 0.1) is 0 Å². The van der Waals surface area contributed by atoms with Gasteiger partial charge in [0.1, 0.15) is 4.21 Å². The largest absolute Gasteiger partial charge is 0.310 e. The van der Waals surface area contributed by atoms with Crippen LogP contribution in [0, 0.1) is 11.3 Å². The van der Waals surface area contributed by atoms with Crippen molar-refractivity contribution >= 4 is 21.4 Å². The quantitative estimate of drug-likeness (QED) is 0.813. The molecule has 1 heterocycles. The lowest BCUT2D eigenvalue weighted by Gasteiger charge is -2.06. The van der Waals surface area contributed by atoms with Gasteiger partial charge in [-0.25, -0.2) is 13.1 Å². The highest BCUT2D eigenvalue weighted by Gasteiger charge is 2.45. The summed E-state index contributed by atoms with van der Waals surface area (Å²) in [6.07, 6.45) is 1.10. The van der Waals surface area contributed by atoms with Gasteiger partial charge in [-0.3, -0.25) is 0 Å². The van der Waals surface area contributed by atoms with Gasteiger partial charge in [-0.05, 0) is 34.8 Å². The Morgan fingerprint density at radius 3 is 2.65 bits per heavy atom. The van der Waals surface area contributed by atoms with Crippen molar-refractivity contribution in [1.29, 1.82) is 0 Å². The third-order valence-electron chi connectivity index (χ3n) is 3.85. The maximum Gasteiger partial charge on any atom is 0.250 e. The van der Waals surface area contributed by atoms with E-state index in [-0.39, 0.29) is 0 Å². The van der Waals surface area contributed by atoms with Crippen LogP contribution in [0.1, 0.15) is 39.7 Å². The minimum absolute atomic E-state index is 0.296. The molecule has 1 unspecified atom stereocenters. The highest BCUT2D eigenvalue weighted by Crippen LogP contribution is 2.51. The summed E-state index contributed by atoms with van der Waals surface area (Å²) in [4.78, 5) is 0. The maximum atomic E-state index is 12.2. The topological polar surface area (TPSA) is 58.2 Å². The first-order valence-corrected chi connectivity index (χ1v) is 9.37. The molecular weight excluding hydrogens is 292 g/mol. The summed E-state index contributed by atoms with van der Waals surface area (Å²) in [6.45, 7) is 9.75. The zero-order valence-corrected chi connectivity index (χ0v) is 14.2. The van der Waals surface area contributed by atoms with Gasteiger partial charge in [0.15, 0.2) is 0 Å². The number of sulfonamides is 1. The van der Waals surface area contributed by atoms with Crippen LogP contribution < -0.4 is 10.0 Å². The SMILES string of the molecule is CC(C)NCc1csc(S(=O)(=O)NCC2CC2(C)C)c1. The molecule has 0 aromatic carbocycles. The van der Waals surface area contributed by atoms with Crippen LogP contribution in [0.5, 0.6) is 0 Å². The molecular formula is C14H24N2O2S2. The van der Waals surface area contributed by atoms with Crippen molar-refractivity contribution in [3.63, 3.8) is 0 Å². The lowest BCUT2D eigenvalue weighted by atomic mass is 10.1. The van der Waals surface area contributed by atoms with E-state index in [0.29, 0.717) is 34.7 Å². The van der Waals surface area contributed by atoms with E-state index < -0.39 is 10.0 Å². The van der Waals surface area contributed by atoms with Crippen LogP contribution in [0.3, 0.4) is 0 Å². The van der Waals surface area contributed by atoms with Crippen LogP contribution >= 0.6 is 11.3 Å². The number of hydrogen-bond donors (Lipinski definition) is 2. The van der Waals surface area contributed by atoms with Crippen molar-refractivity contribution in [2.75, 3.05) is 6.54 Å². The molecule has 20 heavy (non-hydrogen) atoms. The molecule has 1 aromatic rings. The average molecular weight is 316 g/mol. The second-order valence-corrected chi connectivity index (χ2v) is 9.46. The van der Waals surface area contributed by atoms with Gasteiger partial charge in [0.2, 0.25) is 10.0 Å². The summed E-state index contributed by atoms with van der Waals surface area (Å²) in [5.74, 6) is 0.472. The molecule has 114 valence electrons. The fourth-order valence-corrected chi connectivity index (χ4v) is 4.45. The molecule has 6 heteroatoms. The van der Waals surface area contributed by atoms with Gasteiger partial charge < -0.3 is 5.32 Å². The smallest absolute Gasteiger partial charge is 0.250 e. The Balaban J connectivity index is 1.92. The third-order valence-corrected chi connectivity index (χ3v) is 6.76. The van der Waals surface area contributed by atoms with Crippen LogP contribution in [0.2, 0.25) is 0 Å². The van der Waals surface area contributed by atoms with Gasteiger partial charge in [0, 0.05) is 19.1 Å². The second-order valence-electron chi connectivity index (χ2n) is 6.55. The Kier molecular flexibility index (Phi) is 4.59. The normalized spacial score (nSPS) is 21.4. The molecule has 1 fully saturated rings. The monoisotopic (exact) mass is 316 g/mol. The van der Waals surface area contributed by atoms with Gasteiger partial charge in [0.25, 0.3) is 0 Å². The molecule has 1 aromatic heterocycles. The lowest BCUT2D eigenvalue weighted by Crippen LogP contribution is -2.26. The summed E-state index contributed by atoms with van der Waals surface area (Å²) in [6, 6.07) is 2.16. The Bertz CT molecular complexity index is 561. The van der Waals surface area contributed by atoms with Crippen molar-refractivity contribution in [3.8, 4) is 0 Å². The molecule has 1 aliphatic rings. The summed E-state index contributed by atoms with van der Waals surface area (Å²) in [5.41, 5.74) is 1.32. The fraction of sp³-hybridized carbons (Fsp3) is 0.714. The van der Waals surface area contributed by atoms with E-state index in [0.717, 1.165) is 12.0 Å². The molecule has 2 N–H and O–H groups in total. The Morgan fingerprint density at radius 2 is 2.10 bits per heavy atom. The molecule has 0 amide bonds. The highest BCUT2D eigenvalue weighted by molar-refractivity contribution is 7.91. The molecule has 0 spiro atoms. The lowest BCUT2D eigenvalue weighted by molar-refractivity contribution is 0.538. The first-order chi connectivity index (χ1) is 9.21. The van der Waals surface area contributed by atoms with Gasteiger partial charge >= 0.3 is 0 Å². The number of thiophene rings is 1. The van der Waals surface area contributed by atoms with E-state index in [1.165, 1.54) is 11.3 Å². The van der Waals surface area contributed by atoms with Crippen LogP contribution in [0.4, 0.5) is 0 Å². The van der Waals surface area contributed by atoms with Gasteiger partial charge in [-0.15, -0.1) is 11.3 Å². The predicted molar refractivity (Wildman–Crippen MR) is 83.4 cm³/mol. The molecule has 1 aliphatic carbocycles. The summed E-state index contributed by atoms with van der Waals surface area (Å²) < 4.78 is 27.6. The first kappa shape index (κ1) is 15.9. The third kappa shape index (κ3) is 4.04. The second kappa shape index (κ2) is 5.75. The molecule has 0 saturated heterocycles. The van der Waals surface area contributed by atoms with Crippen LogP contribution in [0.25, 0.3) is 0 Å². The molecule has 4 nitrogen and oxygen atoms in total. The van der Waals surface area contributed by atoms with Crippen LogP contribution in [0.15, 0.2) is 15.7 Å². The van der Waals surface area contributed by atoms with Crippen LogP contribution in [-0.2, 0) is 16.6 Å². The molecule has 1 atom stereocenters. The number of hydrogen-bond acceptors (Lipinski definition) is 4. The van der Waals surface area contributed by atoms with E-state index in [1.807, 2.05) is 5.38 Å². The van der Waals surface area contributed by atoms with Crippen molar-refractivity contribution in [2.24, 2.45) is 11.3 Å². The van der Waals surface area contributed by atoms with Crippen molar-refractivity contribution < 1.29 is 8.42 Å². The zero-order chi connectivity index (χ0) is 15.0. The molecule has 0 bridgehead atoms. The molecule has 2 rings (SSSR count). The summed E-state index contributed by atoms with van der Waals surface area (Å²) in [7, 11) is -3.34. The van der Waals surface area contributed by atoms with E-state index in [1.54, 1.807) is 6.07 Å². The molecule has 0 aliphatic heterocycles. The summed E-state index contributed by atoms with van der Waals surface area (Å²) >= 11 is 1.29. The first-order valence-electron chi connectivity index (χ1n) is 7.01. The van der Waals surface area contributed by atoms with E-state index in [4.69, 9.17) is 0 Å². The minimum Gasteiger partial charge on any atom is -0.310 e. The maximum absolute atomic E-state index is 12.2. The zero-order valence-electron chi connectivity index (χ0n) is 12.6. The summed E-state index contributed by atoms with van der Waals surface area (Å²) in [5, 5.41) is 5.20. The highest BCUT2D eigenvalue weighted by atomic mass is 32.2. The standard InChI is InChI=1S/C14H24N2O2S2/c1-10(2)15-7-11-5-13(19-9-11)20(17,18)16-8-12-6-14(12,3)4/h5,9-10,12,15-16H,6-8H2,1-4H3. The fourth-order valence-electron chi connectivity index (χ4n) is 2.11. The van der Waals surface area contributed by atoms with Crippen LogP contribution in [-0.4, -0.2) is 21.0 Å². The minimum atomic E-state index is -3.34. The Labute approximate surface area is 126 Å². The van der Waals surface area contributed by atoms with Gasteiger partial charge in [-0.2, -0.15) is 0 Å². The average Bonchev–Trinajstić information content (AvgIpc) is 2.77. The predicted octanol–water partition coefficient (Wildman–Crippen LogP) is 2.57. The van der Waals surface area contributed by atoms with Crippen molar-refractivity contribution in [2.45, 2.75) is 50.9 Å². The number of nitrogens with one attached hydrogen (secondary N) is 2. The van der Waals surface area contributed by atoms with E-state index in [2.05, 4.69) is 37.7 Å². The van der Waals surface area contributed by atoms with Crippen molar-refractivity contribution in [1.82, 2.24) is 10.0 Å². The number of rotatable bonds is 7. The van der Waals surface area contributed by atoms with Crippen molar-refractivity contribution in [3.05, 3.63) is 17.0 Å². The Hall–Kier alpha value is -0.430. The molecule has 0 radical (unpaired) electrons. The van der Waals surface area contributed by atoms with Gasteiger partial charge in [-0.1, -0.05) is 27.7 Å². The van der Waals surface area contributed by atoms with E-state index in [9.17, 15) is 8.42 Å². The Morgan fingerprint density at radius 1 is 1.45 bits per heavy atom. The molecule has 1 saturated carbocycles. The van der Waals surface area contributed by atoms with E-state index >= 15 is 0 Å².